The van der Waals surface area contributed by atoms with Crippen molar-refractivity contribution >= 4 is 0 Å². The molecule has 1 heterocycles. The largest absolute Gasteiger partial charge is 0.318 e. The molecule has 1 aliphatic rings. The van der Waals surface area contributed by atoms with Gasteiger partial charge in [0, 0.05) is 65.4 Å². The average molecular weight is 229 g/mol. The first kappa shape index (κ1) is 13.9. The molecule has 0 saturated carbocycles. The van der Waals surface area contributed by atoms with Crippen molar-refractivity contribution < 1.29 is 0 Å². The SMILES string of the molecule is CNCCNCCNCCN1CCNCC1. The molecule has 0 spiro atoms. The Kier molecular flexibility index (Phi) is 8.65. The average Bonchev–Trinajstić information content (AvgIpc) is 2.34. The second-order valence-corrected chi connectivity index (χ2v) is 4.20. The zero-order valence-electron chi connectivity index (χ0n) is 10.5. The van der Waals surface area contributed by atoms with E-state index in [1.807, 2.05) is 7.05 Å². The summed E-state index contributed by atoms with van der Waals surface area (Å²) in [5.74, 6) is 0. The molecule has 1 saturated heterocycles. The van der Waals surface area contributed by atoms with Crippen LogP contribution in [0.25, 0.3) is 0 Å². The van der Waals surface area contributed by atoms with Crippen LogP contribution in [0.15, 0.2) is 0 Å². The van der Waals surface area contributed by atoms with Crippen LogP contribution in [0.2, 0.25) is 0 Å². The molecule has 0 unspecified atom stereocenters. The van der Waals surface area contributed by atoms with E-state index in [1.165, 1.54) is 19.6 Å². The standard InChI is InChI=1S/C11H27N5/c1-12-2-3-13-4-5-14-6-9-16-10-7-15-8-11-16/h12-15H,2-11H2,1H3. The maximum absolute atomic E-state index is 3.46. The Bertz CT molecular complexity index is 147. The van der Waals surface area contributed by atoms with Crippen LogP contribution in [0.5, 0.6) is 0 Å². The number of hydrogen-bond acceptors (Lipinski definition) is 5. The third-order valence-corrected chi connectivity index (χ3v) is 2.84. The second kappa shape index (κ2) is 9.99. The summed E-state index contributed by atoms with van der Waals surface area (Å²) in [6.07, 6.45) is 0. The highest BCUT2D eigenvalue weighted by molar-refractivity contribution is 4.68. The molecule has 1 fully saturated rings. The Morgan fingerprint density at radius 3 is 2.25 bits per heavy atom. The molecular weight excluding hydrogens is 202 g/mol. The van der Waals surface area contributed by atoms with Gasteiger partial charge in [0.1, 0.15) is 0 Å². The fourth-order valence-electron chi connectivity index (χ4n) is 1.81. The zero-order chi connectivity index (χ0) is 11.5. The Labute approximate surface area is 99.3 Å². The molecule has 4 N–H and O–H groups in total. The third-order valence-electron chi connectivity index (χ3n) is 2.84. The van der Waals surface area contributed by atoms with E-state index in [-0.39, 0.29) is 0 Å². The molecule has 1 rings (SSSR count). The fraction of sp³-hybridized carbons (Fsp3) is 1.00. The molecule has 0 atom stereocenters. The number of piperazine rings is 1. The van der Waals surface area contributed by atoms with Gasteiger partial charge >= 0.3 is 0 Å². The molecule has 0 aromatic rings. The lowest BCUT2D eigenvalue weighted by atomic mass is 10.3. The summed E-state index contributed by atoms with van der Waals surface area (Å²) >= 11 is 0. The maximum atomic E-state index is 3.46. The van der Waals surface area contributed by atoms with Crippen molar-refractivity contribution in [2.45, 2.75) is 0 Å². The summed E-state index contributed by atoms with van der Waals surface area (Å²) in [5.41, 5.74) is 0. The van der Waals surface area contributed by atoms with Crippen LogP contribution in [0, 0.1) is 0 Å². The fourth-order valence-corrected chi connectivity index (χ4v) is 1.81. The van der Waals surface area contributed by atoms with E-state index in [0.29, 0.717) is 0 Å². The molecule has 0 aromatic carbocycles. The van der Waals surface area contributed by atoms with Crippen molar-refractivity contribution in [3.63, 3.8) is 0 Å². The van der Waals surface area contributed by atoms with E-state index in [4.69, 9.17) is 0 Å². The van der Waals surface area contributed by atoms with Crippen molar-refractivity contribution in [2.24, 2.45) is 0 Å². The Hall–Kier alpha value is -0.200. The quantitative estimate of drug-likeness (QED) is 0.355. The first-order chi connectivity index (χ1) is 7.93. The van der Waals surface area contributed by atoms with Crippen LogP contribution in [0.4, 0.5) is 0 Å². The molecule has 0 bridgehead atoms. The molecule has 1 aliphatic heterocycles. The molecular formula is C11H27N5. The lowest BCUT2D eigenvalue weighted by Gasteiger charge is -2.27. The first-order valence-electron chi connectivity index (χ1n) is 6.42. The van der Waals surface area contributed by atoms with Crippen molar-refractivity contribution in [2.75, 3.05) is 72.5 Å². The van der Waals surface area contributed by atoms with Gasteiger partial charge < -0.3 is 21.3 Å². The molecule has 0 amide bonds. The van der Waals surface area contributed by atoms with Gasteiger partial charge in [0.25, 0.3) is 0 Å². The number of likely N-dealkylation sites (N-methyl/N-ethyl adjacent to an activating group) is 1. The van der Waals surface area contributed by atoms with Gasteiger partial charge in [0.05, 0.1) is 0 Å². The van der Waals surface area contributed by atoms with Gasteiger partial charge in [0.15, 0.2) is 0 Å². The summed E-state index contributed by atoms with van der Waals surface area (Å²) in [7, 11) is 1.98. The van der Waals surface area contributed by atoms with Gasteiger partial charge in [-0.1, -0.05) is 0 Å². The number of nitrogens with one attached hydrogen (secondary N) is 4. The molecule has 5 nitrogen and oxygen atoms in total. The van der Waals surface area contributed by atoms with Crippen LogP contribution in [0.3, 0.4) is 0 Å². The summed E-state index contributed by atoms with van der Waals surface area (Å²) in [6.45, 7) is 11.2. The minimum atomic E-state index is 1.04. The molecule has 16 heavy (non-hydrogen) atoms. The summed E-state index contributed by atoms with van der Waals surface area (Å²) < 4.78 is 0. The Balaban J connectivity index is 1.77. The molecule has 0 aliphatic carbocycles. The van der Waals surface area contributed by atoms with Crippen LogP contribution >= 0.6 is 0 Å². The zero-order valence-corrected chi connectivity index (χ0v) is 10.5. The van der Waals surface area contributed by atoms with Crippen molar-refractivity contribution in [3.05, 3.63) is 0 Å². The highest BCUT2D eigenvalue weighted by atomic mass is 15.2. The normalized spacial score (nSPS) is 17.8. The van der Waals surface area contributed by atoms with Gasteiger partial charge in [-0.15, -0.1) is 0 Å². The van der Waals surface area contributed by atoms with E-state index in [2.05, 4.69) is 26.2 Å². The smallest absolute Gasteiger partial charge is 0.0108 e. The minimum Gasteiger partial charge on any atom is -0.318 e. The highest BCUT2D eigenvalue weighted by Gasteiger charge is 2.07. The predicted octanol–water partition coefficient (Wildman–Crippen LogP) is -1.71. The predicted molar refractivity (Wildman–Crippen MR) is 69.0 cm³/mol. The number of rotatable bonds is 9. The monoisotopic (exact) mass is 229 g/mol. The van der Waals surface area contributed by atoms with E-state index in [1.54, 1.807) is 0 Å². The number of nitrogens with zero attached hydrogens (tertiary/aromatic N) is 1. The highest BCUT2D eigenvalue weighted by Crippen LogP contribution is 1.89. The lowest BCUT2D eigenvalue weighted by Crippen LogP contribution is -2.46. The van der Waals surface area contributed by atoms with E-state index in [0.717, 1.165) is 45.8 Å². The molecule has 0 aromatic heterocycles. The minimum absolute atomic E-state index is 1.04. The molecule has 96 valence electrons. The van der Waals surface area contributed by atoms with Gasteiger partial charge in [-0.2, -0.15) is 0 Å². The molecule has 0 radical (unpaired) electrons. The van der Waals surface area contributed by atoms with Crippen LogP contribution in [0.1, 0.15) is 0 Å². The van der Waals surface area contributed by atoms with Crippen LogP contribution in [-0.2, 0) is 0 Å². The topological polar surface area (TPSA) is 51.4 Å². The van der Waals surface area contributed by atoms with Crippen molar-refractivity contribution in [1.29, 1.82) is 0 Å². The lowest BCUT2D eigenvalue weighted by molar-refractivity contribution is 0.241. The van der Waals surface area contributed by atoms with Gasteiger partial charge in [-0.25, -0.2) is 0 Å². The summed E-state index contributed by atoms with van der Waals surface area (Å²) in [6, 6.07) is 0. The Morgan fingerprint density at radius 1 is 0.938 bits per heavy atom. The number of hydrogen-bond donors (Lipinski definition) is 4. The van der Waals surface area contributed by atoms with Crippen LogP contribution in [-0.4, -0.2) is 77.4 Å². The first-order valence-corrected chi connectivity index (χ1v) is 6.42. The van der Waals surface area contributed by atoms with E-state index >= 15 is 0 Å². The Morgan fingerprint density at radius 2 is 1.56 bits per heavy atom. The van der Waals surface area contributed by atoms with Gasteiger partial charge in [0.2, 0.25) is 0 Å². The van der Waals surface area contributed by atoms with Crippen molar-refractivity contribution in [1.82, 2.24) is 26.2 Å². The third kappa shape index (κ3) is 7.14. The van der Waals surface area contributed by atoms with Gasteiger partial charge in [-0.05, 0) is 7.05 Å². The second-order valence-electron chi connectivity index (χ2n) is 4.20. The van der Waals surface area contributed by atoms with Crippen molar-refractivity contribution in [3.8, 4) is 0 Å². The van der Waals surface area contributed by atoms with E-state index in [9.17, 15) is 0 Å². The summed E-state index contributed by atoms with van der Waals surface area (Å²) in [4.78, 5) is 2.51. The van der Waals surface area contributed by atoms with Gasteiger partial charge in [-0.3, -0.25) is 4.90 Å². The maximum Gasteiger partial charge on any atom is 0.0108 e. The van der Waals surface area contributed by atoms with E-state index < -0.39 is 0 Å². The van der Waals surface area contributed by atoms with Crippen LogP contribution < -0.4 is 21.3 Å². The summed E-state index contributed by atoms with van der Waals surface area (Å²) in [5, 5.41) is 13.3. The molecule has 5 heteroatoms.